The summed E-state index contributed by atoms with van der Waals surface area (Å²) in [6.07, 6.45) is 21.9. The van der Waals surface area contributed by atoms with Gasteiger partial charge in [0.1, 0.15) is 5.75 Å². The van der Waals surface area contributed by atoms with Gasteiger partial charge >= 0.3 is 0 Å². The van der Waals surface area contributed by atoms with Gasteiger partial charge in [-0.25, -0.2) is 0 Å². The van der Waals surface area contributed by atoms with Crippen molar-refractivity contribution in [3.63, 3.8) is 0 Å². The largest absolute Gasteiger partial charge is 0.617 e. The van der Waals surface area contributed by atoms with Gasteiger partial charge < -0.3 is 9.29 Å². The van der Waals surface area contributed by atoms with Gasteiger partial charge in [-0.3, -0.25) is 0 Å². The normalized spacial score (nSPS) is 13.3. The second-order valence-corrected chi connectivity index (χ2v) is 10.7. The van der Waals surface area contributed by atoms with Crippen molar-refractivity contribution in [3.8, 4) is 0 Å². The fraction of sp³-hybridized carbons (Fsp3) is 1.00. The minimum atomic E-state index is -0.593. The van der Waals surface area contributed by atoms with Crippen LogP contribution in [0.2, 0.25) is 0 Å². The van der Waals surface area contributed by atoms with Crippen molar-refractivity contribution in [3.05, 3.63) is 0 Å². The van der Waals surface area contributed by atoms with Gasteiger partial charge in [-0.15, -0.1) is 0 Å². The Morgan fingerprint density at radius 1 is 0.615 bits per heavy atom. The van der Waals surface area contributed by atoms with E-state index in [1.54, 1.807) is 0 Å². The van der Waals surface area contributed by atoms with E-state index in [2.05, 4.69) is 20.8 Å². The zero-order valence-electron chi connectivity index (χ0n) is 18.5. The fourth-order valence-corrected chi connectivity index (χ4v) is 3.72. The molecule has 3 heteroatoms. The molecule has 158 valence electrons. The van der Waals surface area contributed by atoms with Crippen molar-refractivity contribution in [2.24, 2.45) is 5.41 Å². The molecule has 0 rings (SSSR count). The number of ether oxygens (including phenoxy) is 1. The number of rotatable bonds is 19. The maximum absolute atomic E-state index is 11.0. The molecule has 0 aliphatic heterocycles. The maximum atomic E-state index is 11.0. The van der Waals surface area contributed by atoms with Crippen molar-refractivity contribution >= 4 is 11.2 Å². The molecule has 2 nitrogen and oxygen atoms in total. The Bertz CT molecular complexity index is 274. The summed E-state index contributed by atoms with van der Waals surface area (Å²) in [5.74, 6) is 0.893. The lowest BCUT2D eigenvalue weighted by atomic mass is 9.93. The van der Waals surface area contributed by atoms with E-state index in [1.165, 1.54) is 83.5 Å². The Morgan fingerprint density at radius 3 is 1.38 bits per heavy atom. The Kier molecular flexibility index (Phi) is 18.8. The smallest absolute Gasteiger partial charge is 0.105 e. The Morgan fingerprint density at radius 2 is 1.00 bits per heavy atom. The molecule has 0 saturated heterocycles. The molecule has 0 aromatic carbocycles. The Labute approximate surface area is 168 Å². The molecule has 0 fully saturated rings. The lowest BCUT2D eigenvalue weighted by Gasteiger charge is -2.17. The average Bonchev–Trinajstić information content (AvgIpc) is 2.55. The van der Waals surface area contributed by atoms with Crippen LogP contribution in [0.3, 0.4) is 0 Å². The molecule has 0 aromatic rings. The molecule has 0 bridgehead atoms. The first-order chi connectivity index (χ1) is 12.4. The number of hydrogen-bond acceptors (Lipinski definition) is 2. The van der Waals surface area contributed by atoms with Crippen LogP contribution in [-0.4, -0.2) is 29.8 Å². The van der Waals surface area contributed by atoms with Gasteiger partial charge in [0.2, 0.25) is 0 Å². The standard InChI is InChI=1S/C23H48O2S/c1-23(2,3)19-21-25-20-17-15-13-11-9-7-5-6-8-10-12-14-16-18-22-26(4)24/h5-22H2,1-4H3. The molecular formula is C23H48O2S. The van der Waals surface area contributed by atoms with Crippen LogP contribution in [0.5, 0.6) is 0 Å². The molecule has 26 heavy (non-hydrogen) atoms. The molecule has 0 aliphatic carbocycles. The maximum Gasteiger partial charge on any atom is 0.105 e. The summed E-state index contributed by atoms with van der Waals surface area (Å²) in [7, 11) is 0. The van der Waals surface area contributed by atoms with Crippen LogP contribution >= 0.6 is 0 Å². The Hall–Kier alpha value is 0.270. The summed E-state index contributed by atoms with van der Waals surface area (Å²) < 4.78 is 16.7. The number of unbranched alkanes of at least 4 members (excludes halogenated alkanes) is 13. The second-order valence-electron chi connectivity index (χ2n) is 9.15. The monoisotopic (exact) mass is 388 g/mol. The van der Waals surface area contributed by atoms with E-state index >= 15 is 0 Å². The molecule has 1 atom stereocenters. The van der Waals surface area contributed by atoms with E-state index in [4.69, 9.17) is 4.74 Å². The van der Waals surface area contributed by atoms with E-state index in [-0.39, 0.29) is 0 Å². The van der Waals surface area contributed by atoms with E-state index in [9.17, 15) is 4.55 Å². The second kappa shape index (κ2) is 18.6. The van der Waals surface area contributed by atoms with Crippen molar-refractivity contribution in [2.45, 2.75) is 117 Å². The zero-order valence-corrected chi connectivity index (χ0v) is 19.3. The van der Waals surface area contributed by atoms with Crippen molar-refractivity contribution < 1.29 is 9.29 Å². The summed E-state index contributed by atoms with van der Waals surface area (Å²) >= 11 is -0.593. The summed E-state index contributed by atoms with van der Waals surface area (Å²) in [6, 6.07) is 0. The average molecular weight is 389 g/mol. The third kappa shape index (κ3) is 24.3. The van der Waals surface area contributed by atoms with Crippen LogP contribution in [-0.2, 0) is 15.9 Å². The molecule has 0 N–H and O–H groups in total. The highest BCUT2D eigenvalue weighted by Crippen LogP contribution is 2.18. The van der Waals surface area contributed by atoms with Gasteiger partial charge in [-0.1, -0.05) is 103 Å². The highest BCUT2D eigenvalue weighted by atomic mass is 32.2. The highest BCUT2D eigenvalue weighted by molar-refractivity contribution is 7.90. The predicted molar refractivity (Wildman–Crippen MR) is 118 cm³/mol. The van der Waals surface area contributed by atoms with Crippen molar-refractivity contribution in [1.29, 1.82) is 0 Å². The zero-order chi connectivity index (χ0) is 19.5. The van der Waals surface area contributed by atoms with Crippen LogP contribution in [0.4, 0.5) is 0 Å². The first-order valence-corrected chi connectivity index (χ1v) is 13.0. The summed E-state index contributed by atoms with van der Waals surface area (Å²) in [5.41, 5.74) is 0.400. The molecule has 0 spiro atoms. The molecule has 0 heterocycles. The van der Waals surface area contributed by atoms with Gasteiger partial charge in [0.05, 0.1) is 6.26 Å². The summed E-state index contributed by atoms with van der Waals surface area (Å²) in [5, 5.41) is 0. The first-order valence-electron chi connectivity index (χ1n) is 11.3. The molecule has 0 radical (unpaired) electrons. The van der Waals surface area contributed by atoms with Crippen LogP contribution in [0.1, 0.15) is 117 Å². The number of hydrogen-bond donors (Lipinski definition) is 0. The molecule has 1 unspecified atom stereocenters. The molecule has 0 amide bonds. The quantitative estimate of drug-likeness (QED) is 0.172. The van der Waals surface area contributed by atoms with Crippen LogP contribution in [0.15, 0.2) is 0 Å². The fourth-order valence-electron chi connectivity index (χ4n) is 3.11. The molecular weight excluding hydrogens is 340 g/mol. The van der Waals surface area contributed by atoms with Gasteiger partial charge in [0, 0.05) is 13.2 Å². The van der Waals surface area contributed by atoms with Crippen LogP contribution in [0, 0.1) is 5.41 Å². The van der Waals surface area contributed by atoms with E-state index < -0.39 is 11.2 Å². The predicted octanol–water partition coefficient (Wildman–Crippen LogP) is 7.28. The first kappa shape index (κ1) is 26.3. The van der Waals surface area contributed by atoms with Gasteiger partial charge in [-0.05, 0) is 31.1 Å². The lowest BCUT2D eigenvalue weighted by molar-refractivity contribution is 0.105. The van der Waals surface area contributed by atoms with Gasteiger partial charge in [0.25, 0.3) is 0 Å². The van der Waals surface area contributed by atoms with Gasteiger partial charge in [-0.2, -0.15) is 0 Å². The van der Waals surface area contributed by atoms with Crippen molar-refractivity contribution in [2.75, 3.05) is 25.2 Å². The summed E-state index contributed by atoms with van der Waals surface area (Å²) in [6.45, 7) is 8.69. The SMILES string of the molecule is C[S+]([O-])CCCCCCCCCCCCCCCCOCCC(C)(C)C. The minimum Gasteiger partial charge on any atom is -0.617 e. The molecule has 0 aromatic heterocycles. The minimum absolute atomic E-state index is 0.400. The summed E-state index contributed by atoms with van der Waals surface area (Å²) in [4.78, 5) is 0. The van der Waals surface area contributed by atoms with E-state index in [0.29, 0.717) is 5.41 Å². The van der Waals surface area contributed by atoms with E-state index in [0.717, 1.165) is 31.8 Å². The van der Waals surface area contributed by atoms with Gasteiger partial charge in [0.15, 0.2) is 0 Å². The topological polar surface area (TPSA) is 32.3 Å². The third-order valence-corrected chi connectivity index (χ3v) is 5.83. The highest BCUT2D eigenvalue weighted by Gasteiger charge is 2.08. The third-order valence-electron chi connectivity index (χ3n) is 4.97. The molecule has 0 aliphatic rings. The Balaban J connectivity index is 3.03. The van der Waals surface area contributed by atoms with Crippen LogP contribution in [0.25, 0.3) is 0 Å². The van der Waals surface area contributed by atoms with Crippen molar-refractivity contribution in [1.82, 2.24) is 0 Å². The molecule has 0 saturated carbocycles. The lowest BCUT2D eigenvalue weighted by Crippen LogP contribution is -2.09. The van der Waals surface area contributed by atoms with Crippen LogP contribution < -0.4 is 0 Å². The van der Waals surface area contributed by atoms with E-state index in [1.807, 2.05) is 6.26 Å².